The van der Waals surface area contributed by atoms with E-state index < -0.39 is 0 Å². The second kappa shape index (κ2) is 6.69. The second-order valence-electron chi connectivity index (χ2n) is 3.98. The first-order valence-corrected chi connectivity index (χ1v) is 6.41. The number of likely N-dealkylation sites (N-methyl/N-ethyl adjacent to an activating group) is 1. The molecule has 1 aromatic rings. The highest BCUT2D eigenvalue weighted by atomic mass is 79.9. The lowest BCUT2D eigenvalue weighted by Crippen LogP contribution is -2.29. The molecule has 0 saturated heterocycles. The van der Waals surface area contributed by atoms with Crippen molar-refractivity contribution in [2.75, 3.05) is 13.6 Å². The van der Waals surface area contributed by atoms with Gasteiger partial charge in [0.05, 0.1) is 6.42 Å². The lowest BCUT2D eigenvalue weighted by atomic mass is 10.1. The Kier molecular flexibility index (Phi) is 5.53. The lowest BCUT2D eigenvalue weighted by molar-refractivity contribution is -0.129. The first-order chi connectivity index (χ1) is 7.63. The van der Waals surface area contributed by atoms with Crippen molar-refractivity contribution in [1.82, 2.24) is 4.90 Å². The molecule has 0 N–H and O–H groups in total. The zero-order valence-electron chi connectivity index (χ0n) is 9.87. The van der Waals surface area contributed by atoms with Crippen LogP contribution in [0.3, 0.4) is 0 Å². The summed E-state index contributed by atoms with van der Waals surface area (Å²) >= 11 is 3.41. The highest BCUT2D eigenvalue weighted by molar-refractivity contribution is 9.10. The summed E-state index contributed by atoms with van der Waals surface area (Å²) in [6.45, 7) is 2.98. The molecule has 16 heavy (non-hydrogen) atoms. The molecule has 1 aromatic carbocycles. The van der Waals surface area contributed by atoms with Gasteiger partial charge in [-0.05, 0) is 24.1 Å². The van der Waals surface area contributed by atoms with Crippen molar-refractivity contribution in [2.24, 2.45) is 0 Å². The molecular weight excluding hydrogens is 266 g/mol. The second-order valence-corrected chi connectivity index (χ2v) is 4.89. The Morgan fingerprint density at radius 1 is 1.44 bits per heavy atom. The number of benzene rings is 1. The Hall–Kier alpha value is -0.830. The third kappa shape index (κ3) is 4.35. The van der Waals surface area contributed by atoms with Gasteiger partial charge in [-0.25, -0.2) is 0 Å². The van der Waals surface area contributed by atoms with Gasteiger partial charge in [0.1, 0.15) is 0 Å². The number of rotatable bonds is 5. The summed E-state index contributed by atoms with van der Waals surface area (Å²) in [5.41, 5.74) is 1.06. The Morgan fingerprint density at radius 2 is 2.19 bits per heavy atom. The molecule has 0 spiro atoms. The van der Waals surface area contributed by atoms with Crippen LogP contribution in [-0.4, -0.2) is 24.4 Å². The molecule has 2 nitrogen and oxygen atoms in total. The summed E-state index contributed by atoms with van der Waals surface area (Å²) in [5, 5.41) is 0. The van der Waals surface area contributed by atoms with E-state index in [4.69, 9.17) is 0 Å². The molecule has 0 aliphatic carbocycles. The molecule has 0 bridgehead atoms. The third-order valence-corrected chi connectivity index (χ3v) is 3.01. The normalized spacial score (nSPS) is 10.2. The number of hydrogen-bond acceptors (Lipinski definition) is 1. The molecule has 0 aliphatic rings. The van der Waals surface area contributed by atoms with Crippen molar-refractivity contribution in [1.29, 1.82) is 0 Å². The molecule has 1 amide bonds. The molecule has 0 aliphatic heterocycles. The SMILES string of the molecule is CCCCN(C)C(=O)Cc1cccc(Br)c1. The van der Waals surface area contributed by atoms with Crippen LogP contribution in [0, 0.1) is 0 Å². The van der Waals surface area contributed by atoms with E-state index in [0.29, 0.717) is 6.42 Å². The molecule has 3 heteroatoms. The minimum absolute atomic E-state index is 0.187. The van der Waals surface area contributed by atoms with Crippen molar-refractivity contribution in [3.63, 3.8) is 0 Å². The lowest BCUT2D eigenvalue weighted by Gasteiger charge is -2.16. The van der Waals surface area contributed by atoms with Crippen LogP contribution in [0.5, 0.6) is 0 Å². The molecule has 0 atom stereocenters. The minimum Gasteiger partial charge on any atom is -0.345 e. The van der Waals surface area contributed by atoms with E-state index in [9.17, 15) is 4.79 Å². The Bertz CT molecular complexity index is 352. The predicted octanol–water partition coefficient (Wildman–Crippen LogP) is 3.25. The average Bonchev–Trinajstić information content (AvgIpc) is 2.25. The standard InChI is InChI=1S/C13H18BrNO/c1-3-4-8-15(2)13(16)10-11-6-5-7-12(14)9-11/h5-7,9H,3-4,8,10H2,1-2H3. The van der Waals surface area contributed by atoms with Crippen molar-refractivity contribution in [3.05, 3.63) is 34.3 Å². The fraction of sp³-hybridized carbons (Fsp3) is 0.462. The molecule has 0 fully saturated rings. The monoisotopic (exact) mass is 283 g/mol. The van der Waals surface area contributed by atoms with Gasteiger partial charge < -0.3 is 4.90 Å². The van der Waals surface area contributed by atoms with Crippen LogP contribution in [0.4, 0.5) is 0 Å². The molecule has 0 heterocycles. The van der Waals surface area contributed by atoms with Crippen molar-refractivity contribution < 1.29 is 4.79 Å². The van der Waals surface area contributed by atoms with Crippen molar-refractivity contribution in [3.8, 4) is 0 Å². The van der Waals surface area contributed by atoms with Gasteiger partial charge in [-0.2, -0.15) is 0 Å². The van der Waals surface area contributed by atoms with Crippen molar-refractivity contribution >= 4 is 21.8 Å². The van der Waals surface area contributed by atoms with Crippen LogP contribution in [0.25, 0.3) is 0 Å². The minimum atomic E-state index is 0.187. The van der Waals surface area contributed by atoms with Crippen LogP contribution >= 0.6 is 15.9 Å². The van der Waals surface area contributed by atoms with Gasteiger partial charge in [0.15, 0.2) is 0 Å². The first-order valence-electron chi connectivity index (χ1n) is 5.62. The topological polar surface area (TPSA) is 20.3 Å². The van der Waals surface area contributed by atoms with E-state index in [1.54, 1.807) is 0 Å². The molecule has 0 radical (unpaired) electrons. The number of nitrogens with zero attached hydrogens (tertiary/aromatic N) is 1. The first kappa shape index (κ1) is 13.2. The Balaban J connectivity index is 2.50. The van der Waals surface area contributed by atoms with Crippen LogP contribution < -0.4 is 0 Å². The Labute approximate surface area is 106 Å². The van der Waals surface area contributed by atoms with Crippen molar-refractivity contribution in [2.45, 2.75) is 26.2 Å². The smallest absolute Gasteiger partial charge is 0.226 e. The fourth-order valence-corrected chi connectivity index (χ4v) is 1.92. The number of carbonyl (C=O) groups is 1. The zero-order valence-corrected chi connectivity index (χ0v) is 11.5. The molecule has 1 rings (SSSR count). The fourth-order valence-electron chi connectivity index (χ4n) is 1.48. The van der Waals surface area contributed by atoms with Gasteiger partial charge in [-0.15, -0.1) is 0 Å². The highest BCUT2D eigenvalue weighted by Crippen LogP contribution is 2.12. The maximum Gasteiger partial charge on any atom is 0.226 e. The van der Waals surface area contributed by atoms with E-state index in [-0.39, 0.29) is 5.91 Å². The zero-order chi connectivity index (χ0) is 12.0. The number of hydrogen-bond donors (Lipinski definition) is 0. The maximum absolute atomic E-state index is 11.8. The summed E-state index contributed by atoms with van der Waals surface area (Å²) < 4.78 is 1.02. The maximum atomic E-state index is 11.8. The van der Waals surface area contributed by atoms with Crippen LogP contribution in [0.2, 0.25) is 0 Å². The van der Waals surface area contributed by atoms with Crippen LogP contribution in [-0.2, 0) is 11.2 Å². The molecule has 88 valence electrons. The summed E-state index contributed by atoms with van der Waals surface area (Å²) in [6, 6.07) is 7.90. The molecule has 0 unspecified atom stereocenters. The Morgan fingerprint density at radius 3 is 2.81 bits per heavy atom. The van der Waals surface area contributed by atoms with E-state index in [1.165, 1.54) is 0 Å². The summed E-state index contributed by atoms with van der Waals surface area (Å²) in [5.74, 6) is 0.187. The van der Waals surface area contributed by atoms with E-state index >= 15 is 0 Å². The number of halogens is 1. The number of unbranched alkanes of at least 4 members (excludes halogenated alkanes) is 1. The third-order valence-electron chi connectivity index (χ3n) is 2.52. The quantitative estimate of drug-likeness (QED) is 0.812. The van der Waals surface area contributed by atoms with Gasteiger partial charge in [0, 0.05) is 18.1 Å². The predicted molar refractivity (Wildman–Crippen MR) is 70.4 cm³/mol. The van der Waals surface area contributed by atoms with Gasteiger partial charge in [0.25, 0.3) is 0 Å². The summed E-state index contributed by atoms with van der Waals surface area (Å²) in [4.78, 5) is 13.7. The molecular formula is C13H18BrNO. The highest BCUT2D eigenvalue weighted by Gasteiger charge is 2.08. The van der Waals surface area contributed by atoms with Gasteiger partial charge >= 0.3 is 0 Å². The van der Waals surface area contributed by atoms with Gasteiger partial charge in [0.2, 0.25) is 5.91 Å². The van der Waals surface area contributed by atoms with Crippen LogP contribution in [0.1, 0.15) is 25.3 Å². The number of amides is 1. The van der Waals surface area contributed by atoms with Gasteiger partial charge in [-0.3, -0.25) is 4.79 Å². The van der Waals surface area contributed by atoms with E-state index in [2.05, 4.69) is 22.9 Å². The van der Waals surface area contributed by atoms with Gasteiger partial charge in [-0.1, -0.05) is 41.4 Å². The summed E-state index contributed by atoms with van der Waals surface area (Å²) in [7, 11) is 1.87. The average molecular weight is 284 g/mol. The largest absolute Gasteiger partial charge is 0.345 e. The van der Waals surface area contributed by atoms with E-state index in [1.807, 2.05) is 36.2 Å². The molecule has 0 saturated carbocycles. The van der Waals surface area contributed by atoms with Crippen LogP contribution in [0.15, 0.2) is 28.7 Å². The van der Waals surface area contributed by atoms with E-state index in [0.717, 1.165) is 29.4 Å². The summed E-state index contributed by atoms with van der Waals surface area (Å²) in [6.07, 6.45) is 2.68. The number of carbonyl (C=O) groups excluding carboxylic acids is 1. The molecule has 0 aromatic heterocycles.